The predicted octanol–water partition coefficient (Wildman–Crippen LogP) is -5.92. The topological polar surface area (TPSA) is 575 Å². The molecule has 0 aliphatic carbocycles. The number of phenols is 3. The lowest BCUT2D eigenvalue weighted by Gasteiger charge is -2.32. The number of benzene rings is 3. The molecule has 2 saturated heterocycles. The van der Waals surface area contributed by atoms with Gasteiger partial charge in [0.2, 0.25) is 70.9 Å². The molecular formula is C60H84N15O21P. The highest BCUT2D eigenvalue weighted by Gasteiger charge is 2.45. The van der Waals surface area contributed by atoms with Crippen molar-refractivity contribution in [2.24, 2.45) is 11.5 Å². The van der Waals surface area contributed by atoms with Crippen molar-refractivity contribution < 1.29 is 102 Å². The zero-order valence-electron chi connectivity index (χ0n) is 53.4. The molecule has 0 radical (unpaired) electrons. The third-order valence-electron chi connectivity index (χ3n) is 15.6. The fraction of sp³-hybridized carbons (Fsp3) is 0.483. The monoisotopic (exact) mass is 1380 g/mol. The lowest BCUT2D eigenvalue weighted by atomic mass is 10.0. The van der Waals surface area contributed by atoms with Crippen LogP contribution in [0, 0.1) is 5.41 Å². The molecule has 3 aromatic carbocycles. The van der Waals surface area contributed by atoms with Crippen molar-refractivity contribution in [2.45, 2.75) is 152 Å². The van der Waals surface area contributed by atoms with Crippen molar-refractivity contribution >= 4 is 84.7 Å². The zero-order chi connectivity index (χ0) is 72.0. The Bertz CT molecular complexity index is 3380. The summed E-state index contributed by atoms with van der Waals surface area (Å²) in [6.07, 6.45) is -2.56. The van der Waals surface area contributed by atoms with Gasteiger partial charge >= 0.3 is 7.82 Å². The maximum Gasteiger partial charge on any atom is 0.469 e. The summed E-state index contributed by atoms with van der Waals surface area (Å²) in [5.74, 6) is -12.4. The second-order valence-electron chi connectivity index (χ2n) is 23.3. The molecule has 2 heterocycles. The predicted molar refractivity (Wildman–Crippen MR) is 340 cm³/mol. The fourth-order valence-electron chi connectivity index (χ4n) is 10.7. The van der Waals surface area contributed by atoms with Crippen molar-refractivity contribution in [3.8, 4) is 17.2 Å². The van der Waals surface area contributed by atoms with Crippen LogP contribution in [-0.4, -0.2) is 227 Å². The van der Waals surface area contributed by atoms with Crippen LogP contribution in [0.2, 0.25) is 0 Å². The molecule has 2 aliphatic rings. The van der Waals surface area contributed by atoms with Crippen LogP contribution in [0.3, 0.4) is 0 Å². The van der Waals surface area contributed by atoms with Crippen molar-refractivity contribution in [1.82, 2.24) is 63.0 Å². The number of guanidine groups is 1. The lowest BCUT2D eigenvalue weighted by Crippen LogP contribution is -2.62. The molecule has 530 valence electrons. The Labute approximate surface area is 555 Å². The van der Waals surface area contributed by atoms with E-state index >= 15 is 0 Å². The first-order valence-electron chi connectivity index (χ1n) is 30.6. The summed E-state index contributed by atoms with van der Waals surface area (Å²) in [7, 11) is -5.52. The van der Waals surface area contributed by atoms with E-state index in [0.29, 0.717) is 11.1 Å². The Morgan fingerprint density at radius 1 is 0.649 bits per heavy atom. The molecule has 2 unspecified atom stereocenters. The molecule has 0 bridgehead atoms. The third-order valence-corrected chi connectivity index (χ3v) is 16.3. The first-order valence-corrected chi connectivity index (χ1v) is 32.2. The van der Waals surface area contributed by atoms with E-state index in [1.807, 2.05) is 0 Å². The number of likely N-dealkylation sites (tertiary alicyclic amines) is 2. The number of aliphatic hydroxyl groups excluding tert-OH is 2. The summed E-state index contributed by atoms with van der Waals surface area (Å²) in [5, 5.41) is 81.7. The Kier molecular flexibility index (Phi) is 29.0. The minimum Gasteiger partial charge on any atom is -0.508 e. The van der Waals surface area contributed by atoms with Crippen LogP contribution in [0.15, 0.2) is 72.8 Å². The van der Waals surface area contributed by atoms with E-state index in [9.17, 15) is 97.4 Å². The van der Waals surface area contributed by atoms with Crippen LogP contribution in [0.25, 0.3) is 0 Å². The van der Waals surface area contributed by atoms with Crippen molar-refractivity contribution in [3.05, 3.63) is 89.5 Å². The quantitative estimate of drug-likeness (QED) is 0.0113. The number of aliphatic hydroxyl groups is 2. The maximum absolute atomic E-state index is 14.6. The molecule has 5 rings (SSSR count). The number of carbonyl (C=O) groups is 12. The van der Waals surface area contributed by atoms with Gasteiger partial charge in [0.1, 0.15) is 77.7 Å². The Morgan fingerprint density at radius 3 is 1.66 bits per heavy atom. The fourth-order valence-corrected chi connectivity index (χ4v) is 11.3. The minimum atomic E-state index is -5.52. The van der Waals surface area contributed by atoms with E-state index in [4.69, 9.17) is 21.4 Å². The SMILES string of the molecule is CC(=O)N[C@H]1CC(C)N([C@@H](Cc2ccc(O)cc2)C(=O)N[C@@H](CCCNC(=N)N)C(=O)N[C@@H](C)C(=O)N[C@@H](Cc2ccc(O)cc2)C(=O)N[C@H](C(=O)N[C@@H](CO)C(=O)N2CCC[C@H]2C(=O)NCC(=O)N[C@@H](Cc2ccc(O)cc2)C(=O)N[C@@H](CO)C(N)=O)C(C)OP(=O)(O)O)C1=O. The van der Waals surface area contributed by atoms with Crippen LogP contribution in [0.4, 0.5) is 0 Å². The highest BCUT2D eigenvalue weighted by molar-refractivity contribution is 7.46. The van der Waals surface area contributed by atoms with Gasteiger partial charge in [0, 0.05) is 45.3 Å². The Balaban J connectivity index is 1.34. The minimum absolute atomic E-state index is 0.0135. The summed E-state index contributed by atoms with van der Waals surface area (Å²) >= 11 is 0. The number of hydrogen-bond acceptors (Lipinski definition) is 20. The van der Waals surface area contributed by atoms with E-state index in [1.165, 1.54) is 91.5 Å². The van der Waals surface area contributed by atoms with Gasteiger partial charge in [-0.1, -0.05) is 36.4 Å². The lowest BCUT2D eigenvalue weighted by molar-refractivity contribution is -0.143. The third kappa shape index (κ3) is 24.0. The van der Waals surface area contributed by atoms with Gasteiger partial charge in [-0.05, 0) is 106 Å². The molecule has 3 aromatic rings. The number of rotatable bonds is 35. The molecule has 97 heavy (non-hydrogen) atoms. The highest BCUT2D eigenvalue weighted by Crippen LogP contribution is 2.38. The average molecular weight is 1380 g/mol. The van der Waals surface area contributed by atoms with Gasteiger partial charge in [0.15, 0.2) is 5.96 Å². The van der Waals surface area contributed by atoms with Crippen LogP contribution in [0.5, 0.6) is 17.2 Å². The average Bonchev–Trinajstić information content (AvgIpc) is 1.69. The number of nitrogens with zero attached hydrogens (tertiary/aromatic N) is 2. The number of nitrogens with two attached hydrogens (primary N) is 2. The van der Waals surface area contributed by atoms with Gasteiger partial charge in [0.25, 0.3) is 0 Å². The summed E-state index contributed by atoms with van der Waals surface area (Å²) in [4.78, 5) is 186. The number of amides is 12. The number of phosphoric acid groups is 1. The first kappa shape index (κ1) is 77.7. The van der Waals surface area contributed by atoms with E-state index in [-0.39, 0.29) is 80.8 Å². The van der Waals surface area contributed by atoms with Gasteiger partial charge in [-0.25, -0.2) is 4.57 Å². The van der Waals surface area contributed by atoms with Crippen LogP contribution >= 0.6 is 7.82 Å². The molecule has 2 fully saturated rings. The molecule has 2 aliphatic heterocycles. The van der Waals surface area contributed by atoms with E-state index in [0.717, 1.165) is 11.8 Å². The number of phenolic OH excluding ortho intramolecular Hbond substituents is 3. The van der Waals surface area contributed by atoms with Crippen molar-refractivity contribution in [1.29, 1.82) is 5.41 Å². The van der Waals surface area contributed by atoms with Crippen molar-refractivity contribution in [2.75, 3.05) is 32.8 Å². The summed E-state index contributed by atoms with van der Waals surface area (Å²) in [5.41, 5.74) is 11.9. The number of hydrogen-bond donors (Lipinski definition) is 20. The maximum atomic E-state index is 14.6. The number of carbonyl (C=O) groups excluding carboxylic acids is 12. The molecule has 37 heteroatoms. The summed E-state index contributed by atoms with van der Waals surface area (Å²) < 4.78 is 17.0. The smallest absolute Gasteiger partial charge is 0.469 e. The largest absolute Gasteiger partial charge is 0.508 e. The number of nitrogens with one attached hydrogen (secondary N) is 11. The summed E-state index contributed by atoms with van der Waals surface area (Å²) in [6.45, 7) is 2.07. The standard InChI is InChI=1S/C60H84N15O21P/c1-30-23-43(67-33(4)78)59(92)75(30)47(26-36-13-19-39(81)20-14-36)56(89)69-40(7-5-21-64-60(62)63)52(85)66-31(2)51(84)70-42(25-35-11-17-38(80)18-12-35)54(87)73-49(32(3)96-97(93,94)95)57(90)72-45(29-77)58(91)74-22-6-8-46(74)55(88)65-27-48(82)68-41(24-34-9-15-37(79)16-10-34)53(86)71-44(28-76)50(61)83/h9-20,30-32,40-47,49,76-77,79-81H,5-8,21-29H2,1-4H3,(H2,61,83)(H,65,88)(H,66,85)(H,67,78)(H,68,82)(H,69,89)(H,70,84)(H,71,86)(H,72,90)(H,73,87)(H4,62,63,64)(H2,93,94,95)/t30?,31-,32?,40-,41-,42-,43-,44-,45-,46-,47-,49-/m0/s1. The number of phosphoric ester groups is 1. The molecule has 12 atom stereocenters. The van der Waals surface area contributed by atoms with Crippen LogP contribution in [0.1, 0.15) is 76.5 Å². The van der Waals surface area contributed by atoms with E-state index in [2.05, 4.69) is 53.2 Å². The normalized spacial score (nSPS) is 18.0. The van der Waals surface area contributed by atoms with Crippen molar-refractivity contribution in [3.63, 3.8) is 0 Å². The molecule has 12 amide bonds. The Morgan fingerprint density at radius 2 is 1.14 bits per heavy atom. The summed E-state index contributed by atoms with van der Waals surface area (Å²) in [6, 6.07) is 0.304. The van der Waals surface area contributed by atoms with E-state index < -0.39 is 183 Å². The molecule has 0 saturated carbocycles. The molecular weight excluding hydrogens is 1300 g/mol. The zero-order valence-corrected chi connectivity index (χ0v) is 54.3. The van der Waals surface area contributed by atoms with Crippen LogP contribution in [-0.2, 0) is 85.9 Å². The second kappa shape index (κ2) is 36.2. The Hall–Kier alpha value is -10.00. The van der Waals surface area contributed by atoms with E-state index in [1.54, 1.807) is 6.92 Å². The molecule has 0 aromatic heterocycles. The first-order chi connectivity index (χ1) is 45.7. The van der Waals surface area contributed by atoms with Gasteiger partial charge in [-0.3, -0.25) is 67.5 Å². The number of aromatic hydroxyl groups is 3. The van der Waals surface area contributed by atoms with Gasteiger partial charge in [-0.15, -0.1) is 0 Å². The second-order valence-corrected chi connectivity index (χ2v) is 24.4. The van der Waals surface area contributed by atoms with Crippen LogP contribution < -0.4 is 64.6 Å². The van der Waals surface area contributed by atoms with Gasteiger partial charge in [0.05, 0.1) is 25.9 Å². The highest BCUT2D eigenvalue weighted by atomic mass is 31.2. The molecule has 0 spiro atoms. The molecule has 22 N–H and O–H groups in total. The number of primary amides is 1. The molecule has 36 nitrogen and oxygen atoms in total. The van der Waals surface area contributed by atoms with Gasteiger partial charge in [-0.2, -0.15) is 0 Å². The van der Waals surface area contributed by atoms with Gasteiger partial charge < -0.3 is 110 Å².